The molecule has 35 heavy (non-hydrogen) atoms. The number of nitro groups is 1. The van der Waals surface area contributed by atoms with E-state index in [-0.39, 0.29) is 27.2 Å². The number of benzene rings is 3. The Hall–Kier alpha value is -3.47. The average molecular weight is 531 g/mol. The molecular weight excluding hydrogens is 515 g/mol. The molecular formula is C24H16ClFN2O5S2. The minimum atomic E-state index is -0.537. The summed E-state index contributed by atoms with van der Waals surface area (Å²) in [6, 6.07) is 15.1. The zero-order valence-corrected chi connectivity index (χ0v) is 20.5. The third kappa shape index (κ3) is 5.29. The second kappa shape index (κ2) is 10.4. The summed E-state index contributed by atoms with van der Waals surface area (Å²) in [7, 11) is 1.47. The van der Waals surface area contributed by atoms with E-state index in [1.54, 1.807) is 36.4 Å². The number of nitrogens with zero attached hydrogens (tertiary/aromatic N) is 2. The molecule has 178 valence electrons. The number of rotatable bonds is 7. The fraction of sp³-hybridized carbons (Fsp3) is 0.0833. The topological polar surface area (TPSA) is 81.9 Å². The molecule has 3 aromatic rings. The van der Waals surface area contributed by atoms with Crippen LogP contribution in [-0.4, -0.2) is 22.3 Å². The standard InChI is InChI=1S/C24H16ClFN2O5S2/c1-32-20-9-8-14(10-21(20)33-13-17-18(25)6-3-7-19(17)26)11-22-23(29)27(24(34)35-22)15-4-2-5-16(12-15)28(30)31/h2-12H,13H2,1H3/b22-11-. The summed E-state index contributed by atoms with van der Waals surface area (Å²) in [4.78, 5) is 25.2. The van der Waals surface area contributed by atoms with Crippen LogP contribution in [0.25, 0.3) is 6.08 Å². The van der Waals surface area contributed by atoms with Crippen LogP contribution in [0.2, 0.25) is 5.02 Å². The van der Waals surface area contributed by atoms with Crippen molar-refractivity contribution >= 4 is 63.3 Å². The largest absolute Gasteiger partial charge is 0.493 e. The number of carbonyl (C=O) groups excluding carboxylic acids is 1. The first kappa shape index (κ1) is 24.6. The zero-order chi connectivity index (χ0) is 25.1. The Morgan fingerprint density at radius 2 is 1.94 bits per heavy atom. The Morgan fingerprint density at radius 1 is 1.17 bits per heavy atom. The van der Waals surface area contributed by atoms with Gasteiger partial charge in [0.05, 0.1) is 27.6 Å². The summed E-state index contributed by atoms with van der Waals surface area (Å²) in [6.07, 6.45) is 1.62. The molecule has 1 aliphatic heterocycles. The van der Waals surface area contributed by atoms with E-state index in [0.717, 1.165) is 11.8 Å². The Labute approximate surface area is 214 Å². The SMILES string of the molecule is COc1ccc(/C=C2\SC(=S)N(c3cccc([N+](=O)[O-])c3)C2=O)cc1OCc1c(F)cccc1Cl. The Bertz CT molecular complexity index is 1360. The Kier molecular flexibility index (Phi) is 7.34. The monoisotopic (exact) mass is 530 g/mol. The van der Waals surface area contributed by atoms with Gasteiger partial charge < -0.3 is 9.47 Å². The van der Waals surface area contributed by atoms with Crippen molar-refractivity contribution in [1.82, 2.24) is 0 Å². The van der Waals surface area contributed by atoms with Gasteiger partial charge in [0.1, 0.15) is 12.4 Å². The van der Waals surface area contributed by atoms with Gasteiger partial charge >= 0.3 is 0 Å². The molecule has 0 saturated carbocycles. The van der Waals surface area contributed by atoms with Crippen molar-refractivity contribution in [3.05, 3.63) is 97.6 Å². The van der Waals surface area contributed by atoms with E-state index in [2.05, 4.69) is 0 Å². The molecule has 0 spiro atoms. The molecule has 3 aromatic carbocycles. The highest BCUT2D eigenvalue weighted by Gasteiger charge is 2.34. The minimum absolute atomic E-state index is 0.125. The lowest BCUT2D eigenvalue weighted by molar-refractivity contribution is -0.384. The van der Waals surface area contributed by atoms with Crippen molar-refractivity contribution in [2.75, 3.05) is 12.0 Å². The van der Waals surface area contributed by atoms with Crippen molar-refractivity contribution in [2.24, 2.45) is 0 Å². The molecule has 0 aliphatic carbocycles. The van der Waals surface area contributed by atoms with Gasteiger partial charge in [0.2, 0.25) is 0 Å². The predicted octanol–water partition coefficient (Wildman–Crippen LogP) is 6.38. The predicted molar refractivity (Wildman–Crippen MR) is 137 cm³/mol. The number of halogens is 2. The van der Waals surface area contributed by atoms with Crippen LogP contribution in [0.1, 0.15) is 11.1 Å². The maximum Gasteiger partial charge on any atom is 0.271 e. The number of anilines is 1. The molecule has 0 aromatic heterocycles. The number of non-ortho nitro benzene ring substituents is 1. The highest BCUT2D eigenvalue weighted by Crippen LogP contribution is 2.38. The van der Waals surface area contributed by atoms with Crippen LogP contribution in [0.5, 0.6) is 11.5 Å². The van der Waals surface area contributed by atoms with Gasteiger partial charge in [-0.3, -0.25) is 19.8 Å². The van der Waals surface area contributed by atoms with E-state index in [4.69, 9.17) is 33.3 Å². The van der Waals surface area contributed by atoms with E-state index < -0.39 is 16.6 Å². The smallest absolute Gasteiger partial charge is 0.271 e. The first-order valence-electron chi connectivity index (χ1n) is 10.0. The second-order valence-electron chi connectivity index (χ2n) is 7.19. The molecule has 1 amide bonds. The zero-order valence-electron chi connectivity index (χ0n) is 18.1. The minimum Gasteiger partial charge on any atom is -0.493 e. The van der Waals surface area contributed by atoms with Crippen LogP contribution in [0.4, 0.5) is 15.8 Å². The summed E-state index contributed by atoms with van der Waals surface area (Å²) in [5.41, 5.74) is 0.984. The summed E-state index contributed by atoms with van der Waals surface area (Å²) in [6.45, 7) is -0.125. The van der Waals surface area contributed by atoms with Crippen LogP contribution in [-0.2, 0) is 11.4 Å². The average Bonchev–Trinajstić information content (AvgIpc) is 3.11. The molecule has 0 N–H and O–H groups in total. The van der Waals surface area contributed by atoms with Gasteiger partial charge in [-0.15, -0.1) is 0 Å². The van der Waals surface area contributed by atoms with Crippen molar-refractivity contribution in [2.45, 2.75) is 6.61 Å². The van der Waals surface area contributed by atoms with Crippen LogP contribution >= 0.6 is 35.6 Å². The van der Waals surface area contributed by atoms with Gasteiger partial charge in [0, 0.05) is 17.7 Å². The lowest BCUT2D eigenvalue weighted by Crippen LogP contribution is -2.27. The number of ether oxygens (including phenoxy) is 2. The quantitative estimate of drug-likeness (QED) is 0.152. The van der Waals surface area contributed by atoms with Gasteiger partial charge in [-0.25, -0.2) is 4.39 Å². The number of thioether (sulfide) groups is 1. The van der Waals surface area contributed by atoms with E-state index >= 15 is 0 Å². The third-order valence-electron chi connectivity index (χ3n) is 5.01. The van der Waals surface area contributed by atoms with Gasteiger partial charge in [-0.2, -0.15) is 0 Å². The van der Waals surface area contributed by atoms with E-state index in [9.17, 15) is 19.3 Å². The first-order chi connectivity index (χ1) is 16.8. The fourth-order valence-corrected chi connectivity index (χ4v) is 4.82. The summed E-state index contributed by atoms with van der Waals surface area (Å²) >= 11 is 12.5. The highest BCUT2D eigenvalue weighted by molar-refractivity contribution is 8.27. The van der Waals surface area contributed by atoms with Gasteiger partial charge in [-0.1, -0.05) is 53.8 Å². The number of methoxy groups -OCH3 is 1. The maximum absolute atomic E-state index is 14.1. The van der Waals surface area contributed by atoms with Crippen LogP contribution < -0.4 is 14.4 Å². The molecule has 1 heterocycles. The van der Waals surface area contributed by atoms with Crippen LogP contribution in [0, 0.1) is 15.9 Å². The molecule has 4 rings (SSSR count). The first-order valence-corrected chi connectivity index (χ1v) is 11.6. The summed E-state index contributed by atoms with van der Waals surface area (Å²) in [5.74, 6) is -0.150. The number of carbonyl (C=O) groups is 1. The molecule has 0 radical (unpaired) electrons. The summed E-state index contributed by atoms with van der Waals surface area (Å²) < 4.78 is 25.5. The third-order valence-corrected chi connectivity index (χ3v) is 6.67. The lowest BCUT2D eigenvalue weighted by Gasteiger charge is -2.14. The van der Waals surface area contributed by atoms with E-state index in [1.165, 1.54) is 42.3 Å². The van der Waals surface area contributed by atoms with Crippen molar-refractivity contribution < 1.29 is 23.6 Å². The van der Waals surface area contributed by atoms with Crippen molar-refractivity contribution in [3.63, 3.8) is 0 Å². The molecule has 1 fully saturated rings. The van der Waals surface area contributed by atoms with E-state index in [0.29, 0.717) is 27.7 Å². The number of hydrogen-bond donors (Lipinski definition) is 0. The molecule has 1 saturated heterocycles. The number of hydrogen-bond acceptors (Lipinski definition) is 7. The highest BCUT2D eigenvalue weighted by atomic mass is 35.5. The van der Waals surface area contributed by atoms with Gasteiger partial charge in [-0.05, 0) is 42.0 Å². The maximum atomic E-state index is 14.1. The second-order valence-corrected chi connectivity index (χ2v) is 9.28. The van der Waals surface area contributed by atoms with Crippen molar-refractivity contribution in [1.29, 1.82) is 0 Å². The number of nitro benzene ring substituents is 1. The van der Waals surface area contributed by atoms with Gasteiger partial charge in [0.25, 0.3) is 11.6 Å². The van der Waals surface area contributed by atoms with Crippen LogP contribution in [0.15, 0.2) is 65.6 Å². The van der Waals surface area contributed by atoms with Gasteiger partial charge in [0.15, 0.2) is 15.8 Å². The molecule has 11 heteroatoms. The molecule has 0 unspecified atom stereocenters. The number of thiocarbonyl (C=S) groups is 1. The molecule has 7 nitrogen and oxygen atoms in total. The van der Waals surface area contributed by atoms with Crippen LogP contribution in [0.3, 0.4) is 0 Å². The van der Waals surface area contributed by atoms with Crippen molar-refractivity contribution in [3.8, 4) is 11.5 Å². The van der Waals surface area contributed by atoms with E-state index in [1.807, 2.05) is 0 Å². The Morgan fingerprint density at radius 3 is 2.66 bits per heavy atom. The number of amides is 1. The fourth-order valence-electron chi connectivity index (χ4n) is 3.30. The molecule has 0 bridgehead atoms. The lowest BCUT2D eigenvalue weighted by atomic mass is 10.1. The Balaban J connectivity index is 1.60. The summed E-state index contributed by atoms with van der Waals surface area (Å²) in [5, 5.41) is 11.3. The molecule has 1 aliphatic rings. The normalized spacial score (nSPS) is 14.5. The molecule has 0 atom stereocenters.